The predicted octanol–water partition coefficient (Wildman–Crippen LogP) is 3.36. The number of fused-ring (bicyclic) bond motifs is 1. The summed E-state index contributed by atoms with van der Waals surface area (Å²) in [6.07, 6.45) is -0.531. The third-order valence-electron chi connectivity index (χ3n) is 3.53. The lowest BCUT2D eigenvalue weighted by atomic mass is 9.95. The number of nitrogens with one attached hydrogen (secondary N) is 1. The third kappa shape index (κ3) is 3.73. The van der Waals surface area contributed by atoms with E-state index in [-0.39, 0.29) is 11.8 Å². The first-order valence-electron chi connectivity index (χ1n) is 7.67. The summed E-state index contributed by atoms with van der Waals surface area (Å²) < 4.78 is 5.65. The molecule has 1 aromatic rings. The molecule has 1 aliphatic heterocycles. The summed E-state index contributed by atoms with van der Waals surface area (Å²) in [5.74, 6) is 0.437. The molecule has 1 aliphatic rings. The van der Waals surface area contributed by atoms with Gasteiger partial charge >= 0.3 is 0 Å². The highest BCUT2D eigenvalue weighted by atomic mass is 16.5. The largest absolute Gasteiger partial charge is 0.479 e. The fourth-order valence-electron chi connectivity index (χ4n) is 2.24. The molecule has 2 amide bonds. The summed E-state index contributed by atoms with van der Waals surface area (Å²) in [4.78, 5) is 26.2. The average molecular weight is 316 g/mol. The maximum absolute atomic E-state index is 12.4. The standard InChI is InChI=1S/C18H24N2O3/c1-11(2)10-20-14-9-13(19-17(22)18(4,5)6)7-8-15(14)23-12(3)16(20)21/h7-9,12H,1,10H2,2-6H3,(H,19,22). The smallest absolute Gasteiger partial charge is 0.268 e. The molecule has 1 heterocycles. The van der Waals surface area contributed by atoms with Gasteiger partial charge in [-0.1, -0.05) is 32.9 Å². The maximum Gasteiger partial charge on any atom is 0.268 e. The number of hydrogen-bond acceptors (Lipinski definition) is 3. The van der Waals surface area contributed by atoms with Crippen molar-refractivity contribution < 1.29 is 14.3 Å². The Bertz CT molecular complexity index is 659. The number of benzene rings is 1. The second-order valence-electron chi connectivity index (χ2n) is 7.03. The molecule has 0 saturated heterocycles. The van der Waals surface area contributed by atoms with Crippen molar-refractivity contribution in [3.8, 4) is 5.75 Å². The van der Waals surface area contributed by atoms with Crippen LogP contribution in [0.1, 0.15) is 34.6 Å². The van der Waals surface area contributed by atoms with E-state index >= 15 is 0 Å². The van der Waals surface area contributed by atoms with Gasteiger partial charge in [-0.15, -0.1) is 0 Å². The molecule has 0 radical (unpaired) electrons. The van der Waals surface area contributed by atoms with Gasteiger partial charge in [0.2, 0.25) is 5.91 Å². The van der Waals surface area contributed by atoms with Crippen LogP contribution in [0.5, 0.6) is 5.75 Å². The second-order valence-corrected chi connectivity index (χ2v) is 7.03. The Morgan fingerprint density at radius 2 is 2.04 bits per heavy atom. The van der Waals surface area contributed by atoms with Crippen molar-refractivity contribution in [3.05, 3.63) is 30.4 Å². The first-order chi connectivity index (χ1) is 10.6. The van der Waals surface area contributed by atoms with E-state index in [9.17, 15) is 9.59 Å². The van der Waals surface area contributed by atoms with E-state index in [2.05, 4.69) is 11.9 Å². The number of carbonyl (C=O) groups excluding carboxylic acids is 2. The molecule has 1 atom stereocenters. The van der Waals surface area contributed by atoms with Crippen molar-refractivity contribution in [2.24, 2.45) is 5.41 Å². The van der Waals surface area contributed by atoms with Crippen LogP contribution in [0.25, 0.3) is 0 Å². The number of anilines is 2. The Morgan fingerprint density at radius 1 is 1.39 bits per heavy atom. The zero-order chi connectivity index (χ0) is 17.4. The van der Waals surface area contributed by atoms with Gasteiger partial charge in [0.15, 0.2) is 6.10 Å². The fourth-order valence-corrected chi connectivity index (χ4v) is 2.24. The Kier molecular flexibility index (Phi) is 4.50. The molecule has 0 bridgehead atoms. The summed E-state index contributed by atoms with van der Waals surface area (Å²) in [5.41, 5.74) is 1.68. The van der Waals surface area contributed by atoms with Crippen molar-refractivity contribution in [2.45, 2.75) is 40.7 Å². The van der Waals surface area contributed by atoms with Gasteiger partial charge in [0.1, 0.15) is 5.75 Å². The molecule has 2 rings (SSSR count). The molecule has 0 fully saturated rings. The summed E-state index contributed by atoms with van der Waals surface area (Å²) in [6.45, 7) is 13.5. The normalized spacial score (nSPS) is 17.3. The molecule has 1 aromatic carbocycles. The topological polar surface area (TPSA) is 58.6 Å². The highest BCUT2D eigenvalue weighted by Crippen LogP contribution is 2.37. The highest BCUT2D eigenvalue weighted by molar-refractivity contribution is 6.01. The van der Waals surface area contributed by atoms with Crippen LogP contribution in [0.4, 0.5) is 11.4 Å². The molecule has 0 aromatic heterocycles. The molecular weight excluding hydrogens is 292 g/mol. The molecule has 0 spiro atoms. The number of rotatable bonds is 3. The van der Waals surface area contributed by atoms with E-state index in [0.29, 0.717) is 23.7 Å². The van der Waals surface area contributed by atoms with Gasteiger partial charge in [-0.25, -0.2) is 0 Å². The van der Waals surface area contributed by atoms with Crippen LogP contribution in [-0.4, -0.2) is 24.5 Å². The van der Waals surface area contributed by atoms with Crippen molar-refractivity contribution >= 4 is 23.2 Å². The van der Waals surface area contributed by atoms with E-state index in [4.69, 9.17) is 4.74 Å². The van der Waals surface area contributed by atoms with Gasteiger partial charge in [-0.2, -0.15) is 0 Å². The fraction of sp³-hybridized carbons (Fsp3) is 0.444. The van der Waals surface area contributed by atoms with Crippen molar-refractivity contribution in [1.82, 2.24) is 0 Å². The van der Waals surface area contributed by atoms with Gasteiger partial charge in [0.25, 0.3) is 5.91 Å². The first kappa shape index (κ1) is 17.1. The second kappa shape index (κ2) is 6.07. The quantitative estimate of drug-likeness (QED) is 0.870. The SMILES string of the molecule is C=C(C)CN1C(=O)C(C)Oc2ccc(NC(=O)C(C)(C)C)cc21. The Hall–Kier alpha value is -2.30. The molecule has 0 aliphatic carbocycles. The Morgan fingerprint density at radius 3 is 2.61 bits per heavy atom. The van der Waals surface area contributed by atoms with E-state index in [1.54, 1.807) is 30.0 Å². The van der Waals surface area contributed by atoms with Crippen LogP contribution >= 0.6 is 0 Å². The van der Waals surface area contributed by atoms with Crippen LogP contribution < -0.4 is 15.0 Å². The molecule has 5 heteroatoms. The minimum absolute atomic E-state index is 0.0830. The van der Waals surface area contributed by atoms with E-state index < -0.39 is 11.5 Å². The summed E-state index contributed by atoms with van der Waals surface area (Å²) in [5, 5.41) is 2.88. The lowest BCUT2D eigenvalue weighted by Crippen LogP contribution is -2.45. The Balaban J connectivity index is 2.36. The molecular formula is C18H24N2O3. The maximum atomic E-state index is 12.4. The highest BCUT2D eigenvalue weighted by Gasteiger charge is 2.32. The number of amides is 2. The third-order valence-corrected chi connectivity index (χ3v) is 3.53. The van der Waals surface area contributed by atoms with Crippen LogP contribution in [0.2, 0.25) is 0 Å². The van der Waals surface area contributed by atoms with Crippen LogP contribution in [0.15, 0.2) is 30.4 Å². The van der Waals surface area contributed by atoms with Crippen LogP contribution in [-0.2, 0) is 9.59 Å². The molecule has 23 heavy (non-hydrogen) atoms. The van der Waals surface area contributed by atoms with E-state index in [0.717, 1.165) is 5.57 Å². The number of ether oxygens (including phenoxy) is 1. The number of hydrogen-bond donors (Lipinski definition) is 1. The van der Waals surface area contributed by atoms with Crippen molar-refractivity contribution in [3.63, 3.8) is 0 Å². The predicted molar refractivity (Wildman–Crippen MR) is 91.8 cm³/mol. The molecule has 5 nitrogen and oxygen atoms in total. The van der Waals surface area contributed by atoms with Gasteiger partial charge in [0.05, 0.1) is 5.69 Å². The zero-order valence-corrected chi connectivity index (χ0v) is 14.4. The molecule has 124 valence electrons. The molecule has 1 unspecified atom stereocenters. The zero-order valence-electron chi connectivity index (χ0n) is 14.4. The number of carbonyl (C=O) groups is 2. The summed E-state index contributed by atoms with van der Waals surface area (Å²) in [6, 6.07) is 5.33. The lowest BCUT2D eigenvalue weighted by Gasteiger charge is -2.33. The molecule has 0 saturated carbocycles. The lowest BCUT2D eigenvalue weighted by molar-refractivity contribution is -0.125. The van der Waals surface area contributed by atoms with Gasteiger partial charge in [0, 0.05) is 17.6 Å². The van der Waals surface area contributed by atoms with Gasteiger partial charge < -0.3 is 15.0 Å². The van der Waals surface area contributed by atoms with Crippen LogP contribution in [0, 0.1) is 5.41 Å². The minimum Gasteiger partial charge on any atom is -0.479 e. The van der Waals surface area contributed by atoms with E-state index in [1.165, 1.54) is 0 Å². The summed E-state index contributed by atoms with van der Waals surface area (Å²) >= 11 is 0. The van der Waals surface area contributed by atoms with Gasteiger partial charge in [-0.05, 0) is 32.0 Å². The van der Waals surface area contributed by atoms with Gasteiger partial charge in [-0.3, -0.25) is 9.59 Å². The van der Waals surface area contributed by atoms with Crippen LogP contribution in [0.3, 0.4) is 0 Å². The minimum atomic E-state index is -0.531. The van der Waals surface area contributed by atoms with E-state index in [1.807, 2.05) is 27.7 Å². The first-order valence-corrected chi connectivity index (χ1v) is 7.67. The molecule has 1 N–H and O–H groups in total. The summed E-state index contributed by atoms with van der Waals surface area (Å²) in [7, 11) is 0. The Labute approximate surface area is 137 Å². The van der Waals surface area contributed by atoms with Crippen molar-refractivity contribution in [2.75, 3.05) is 16.8 Å². The average Bonchev–Trinajstić information content (AvgIpc) is 2.43. The van der Waals surface area contributed by atoms with Crippen molar-refractivity contribution in [1.29, 1.82) is 0 Å². The number of nitrogens with zero attached hydrogens (tertiary/aromatic N) is 1. The monoisotopic (exact) mass is 316 g/mol.